The van der Waals surface area contributed by atoms with Crippen LogP contribution in [0.15, 0.2) is 48.6 Å². The summed E-state index contributed by atoms with van der Waals surface area (Å²) in [4.78, 5) is 11.3. The van der Waals surface area contributed by atoms with Gasteiger partial charge in [0.25, 0.3) is 0 Å². The van der Waals surface area contributed by atoms with Gasteiger partial charge in [-0.15, -0.1) is 0 Å². The summed E-state index contributed by atoms with van der Waals surface area (Å²) in [7, 11) is 4.74. The molecule has 0 aliphatic rings. The molecule has 0 amide bonds. The summed E-state index contributed by atoms with van der Waals surface area (Å²) in [5.74, 6) is 2.13. The van der Waals surface area contributed by atoms with Gasteiger partial charge in [-0.3, -0.25) is 0 Å². The SMILES string of the molecule is C=C(C)C(=O)OCCCCCCCCOc1ccc(C=C(C#N)c2ccc(OC)c(OC)c2)cc1OC. The molecule has 0 bridgehead atoms. The van der Waals surface area contributed by atoms with Crippen molar-refractivity contribution in [3.05, 3.63) is 59.7 Å². The van der Waals surface area contributed by atoms with Crippen LogP contribution in [-0.4, -0.2) is 40.5 Å². The third kappa shape index (κ3) is 9.57. The van der Waals surface area contributed by atoms with E-state index >= 15 is 0 Å². The van der Waals surface area contributed by atoms with Gasteiger partial charge in [0.05, 0.1) is 46.2 Å². The predicted molar refractivity (Wildman–Crippen MR) is 145 cm³/mol. The van der Waals surface area contributed by atoms with E-state index in [2.05, 4.69) is 12.6 Å². The molecule has 0 N–H and O–H groups in total. The second kappa shape index (κ2) is 15.9. The number of nitrogens with zero attached hydrogens (tertiary/aromatic N) is 1. The lowest BCUT2D eigenvalue weighted by molar-refractivity contribution is -0.139. The predicted octanol–water partition coefficient (Wildman–Crippen LogP) is 6.62. The molecular formula is C30H37NO6. The first kappa shape index (κ1) is 29.3. The minimum Gasteiger partial charge on any atom is -0.493 e. The molecule has 0 fully saturated rings. The lowest BCUT2D eigenvalue weighted by atomic mass is 10.0. The third-order valence-electron chi connectivity index (χ3n) is 5.69. The van der Waals surface area contributed by atoms with Gasteiger partial charge in [-0.25, -0.2) is 4.79 Å². The van der Waals surface area contributed by atoms with E-state index in [1.807, 2.05) is 24.3 Å². The van der Waals surface area contributed by atoms with Crippen LogP contribution in [-0.2, 0) is 9.53 Å². The molecule has 7 heteroatoms. The van der Waals surface area contributed by atoms with Crippen molar-refractivity contribution in [2.75, 3.05) is 34.5 Å². The Morgan fingerprint density at radius 2 is 1.43 bits per heavy atom. The summed E-state index contributed by atoms with van der Waals surface area (Å²) in [5.41, 5.74) is 2.48. The van der Waals surface area contributed by atoms with E-state index in [9.17, 15) is 10.1 Å². The fourth-order valence-electron chi connectivity index (χ4n) is 3.63. The number of hydrogen-bond donors (Lipinski definition) is 0. The molecule has 0 radical (unpaired) electrons. The number of unbranched alkanes of at least 4 members (excludes halogenated alkanes) is 5. The van der Waals surface area contributed by atoms with Gasteiger partial charge in [0, 0.05) is 5.57 Å². The maximum Gasteiger partial charge on any atom is 0.333 e. The number of nitriles is 1. The van der Waals surface area contributed by atoms with Crippen LogP contribution in [0.4, 0.5) is 0 Å². The highest BCUT2D eigenvalue weighted by Crippen LogP contribution is 2.33. The zero-order valence-corrected chi connectivity index (χ0v) is 22.3. The van der Waals surface area contributed by atoms with Crippen LogP contribution in [0.2, 0.25) is 0 Å². The van der Waals surface area contributed by atoms with Crippen LogP contribution in [0.3, 0.4) is 0 Å². The third-order valence-corrected chi connectivity index (χ3v) is 5.69. The Morgan fingerprint density at radius 1 is 0.838 bits per heavy atom. The molecule has 0 saturated heterocycles. The maximum absolute atomic E-state index is 11.3. The highest BCUT2D eigenvalue weighted by atomic mass is 16.5. The van der Waals surface area contributed by atoms with E-state index in [1.165, 1.54) is 0 Å². The number of carbonyl (C=O) groups is 1. The van der Waals surface area contributed by atoms with Crippen LogP contribution in [0.25, 0.3) is 11.6 Å². The standard InChI is InChI=1S/C30H37NO6/c1-22(2)30(32)37-17-11-9-7-6-8-10-16-36-27-14-12-23(19-28(27)34-4)18-25(21-31)24-13-15-26(33-3)29(20-24)35-5/h12-15,18-20H,1,6-11,16-17H2,2-5H3. The van der Waals surface area contributed by atoms with Gasteiger partial charge in [-0.1, -0.05) is 38.3 Å². The molecule has 0 aliphatic carbocycles. The van der Waals surface area contributed by atoms with E-state index in [-0.39, 0.29) is 5.97 Å². The topological polar surface area (TPSA) is 87.0 Å². The van der Waals surface area contributed by atoms with Gasteiger partial charge < -0.3 is 23.7 Å². The molecule has 7 nitrogen and oxygen atoms in total. The highest BCUT2D eigenvalue weighted by molar-refractivity contribution is 5.90. The van der Waals surface area contributed by atoms with Crippen molar-refractivity contribution in [1.29, 1.82) is 5.26 Å². The Balaban J connectivity index is 1.84. The zero-order chi connectivity index (χ0) is 27.0. The van der Waals surface area contributed by atoms with Gasteiger partial charge >= 0.3 is 5.97 Å². The number of ether oxygens (including phenoxy) is 5. The molecule has 0 saturated carbocycles. The van der Waals surface area contributed by atoms with E-state index in [0.717, 1.165) is 49.7 Å². The van der Waals surface area contributed by atoms with E-state index in [0.29, 0.717) is 47.4 Å². The van der Waals surface area contributed by atoms with Crippen LogP contribution >= 0.6 is 0 Å². The van der Waals surface area contributed by atoms with Crippen molar-refractivity contribution in [3.63, 3.8) is 0 Å². The van der Waals surface area contributed by atoms with Gasteiger partial charge in [-0.05, 0) is 67.3 Å². The summed E-state index contributed by atoms with van der Waals surface area (Å²) in [6.45, 7) is 6.26. The molecule has 198 valence electrons. The smallest absolute Gasteiger partial charge is 0.333 e. The van der Waals surface area contributed by atoms with Crippen molar-refractivity contribution in [2.45, 2.75) is 45.4 Å². The molecule has 0 unspecified atom stereocenters. The quantitative estimate of drug-likeness (QED) is 0.0830. The summed E-state index contributed by atoms with van der Waals surface area (Å²) in [5, 5.41) is 9.73. The first-order chi connectivity index (χ1) is 17.9. The summed E-state index contributed by atoms with van der Waals surface area (Å²) >= 11 is 0. The average Bonchev–Trinajstić information content (AvgIpc) is 2.92. The van der Waals surface area contributed by atoms with Gasteiger partial charge in [0.2, 0.25) is 0 Å². The number of benzene rings is 2. The Labute approximate surface area is 220 Å². The number of hydrogen-bond acceptors (Lipinski definition) is 7. The Kier molecular flexibility index (Phi) is 12.6. The first-order valence-corrected chi connectivity index (χ1v) is 12.4. The van der Waals surface area contributed by atoms with Crippen LogP contribution in [0.1, 0.15) is 56.6 Å². The lowest BCUT2D eigenvalue weighted by Crippen LogP contribution is -2.06. The summed E-state index contributed by atoms with van der Waals surface area (Å²) < 4.78 is 27.2. The summed E-state index contributed by atoms with van der Waals surface area (Å²) in [6.07, 6.45) is 7.89. The van der Waals surface area contributed by atoms with E-state index in [4.69, 9.17) is 23.7 Å². The maximum atomic E-state index is 11.3. The van der Waals surface area contributed by atoms with Crippen LogP contribution in [0, 0.1) is 11.3 Å². The van der Waals surface area contributed by atoms with Gasteiger partial charge in [-0.2, -0.15) is 5.26 Å². The van der Waals surface area contributed by atoms with Crippen LogP contribution < -0.4 is 18.9 Å². The van der Waals surface area contributed by atoms with Gasteiger partial charge in [0.1, 0.15) is 0 Å². The molecule has 2 aromatic rings. The molecule has 0 heterocycles. The Bertz CT molecular complexity index is 1120. The van der Waals surface area contributed by atoms with Gasteiger partial charge in [0.15, 0.2) is 23.0 Å². The molecule has 0 aliphatic heterocycles. The molecule has 0 aromatic heterocycles. The van der Waals surface area contributed by atoms with Crippen molar-refractivity contribution in [2.24, 2.45) is 0 Å². The monoisotopic (exact) mass is 507 g/mol. The molecule has 0 atom stereocenters. The number of carbonyl (C=O) groups excluding carboxylic acids is 1. The normalized spacial score (nSPS) is 10.8. The first-order valence-electron chi connectivity index (χ1n) is 12.4. The summed E-state index contributed by atoms with van der Waals surface area (Å²) in [6, 6.07) is 13.2. The van der Waals surface area contributed by atoms with Crippen molar-refractivity contribution in [3.8, 4) is 29.1 Å². The number of allylic oxidation sites excluding steroid dienone is 1. The average molecular weight is 508 g/mol. The van der Waals surface area contributed by atoms with E-state index < -0.39 is 0 Å². The number of rotatable bonds is 16. The van der Waals surface area contributed by atoms with Crippen molar-refractivity contribution < 1.29 is 28.5 Å². The largest absolute Gasteiger partial charge is 0.493 e. The molecule has 37 heavy (non-hydrogen) atoms. The molecule has 2 aromatic carbocycles. The fourth-order valence-corrected chi connectivity index (χ4v) is 3.63. The van der Waals surface area contributed by atoms with Crippen molar-refractivity contribution >= 4 is 17.6 Å². The minimum atomic E-state index is -0.319. The minimum absolute atomic E-state index is 0.319. The Morgan fingerprint density at radius 3 is 2.05 bits per heavy atom. The molecule has 2 rings (SSSR count). The molecular weight excluding hydrogens is 470 g/mol. The van der Waals surface area contributed by atoms with Crippen LogP contribution in [0.5, 0.6) is 23.0 Å². The molecule has 0 spiro atoms. The fraction of sp³-hybridized carbons (Fsp3) is 0.400. The Hall–Kier alpha value is -3.92. The van der Waals surface area contributed by atoms with E-state index in [1.54, 1.807) is 46.5 Å². The van der Waals surface area contributed by atoms with Crippen molar-refractivity contribution in [1.82, 2.24) is 0 Å². The lowest BCUT2D eigenvalue weighted by Gasteiger charge is -2.12. The number of methoxy groups -OCH3 is 3. The second-order valence-electron chi connectivity index (χ2n) is 8.54. The zero-order valence-electron chi connectivity index (χ0n) is 22.3. The number of esters is 1. The highest BCUT2D eigenvalue weighted by Gasteiger charge is 2.10. The second-order valence-corrected chi connectivity index (χ2v) is 8.54.